The number of benzene rings is 1. The largest absolute Gasteiger partial charge is 0.573 e. The zero-order valence-corrected chi connectivity index (χ0v) is 10.6. The summed E-state index contributed by atoms with van der Waals surface area (Å²) in [5, 5.41) is 9.03. The molecular formula is C14H10F3NO3. The fourth-order valence-corrected chi connectivity index (χ4v) is 1.78. The molecule has 1 aromatic heterocycles. The van der Waals surface area contributed by atoms with Gasteiger partial charge in [0.25, 0.3) is 0 Å². The summed E-state index contributed by atoms with van der Waals surface area (Å²) in [6.45, 7) is 0. The number of carboxylic acids is 1. The van der Waals surface area contributed by atoms with Gasteiger partial charge >= 0.3 is 12.3 Å². The SMILES string of the molecule is O=C(O)c1cccnc1Cc1ccc(OC(F)(F)F)cc1. The summed E-state index contributed by atoms with van der Waals surface area (Å²) in [5.74, 6) is -1.43. The number of alkyl halides is 3. The van der Waals surface area contributed by atoms with E-state index < -0.39 is 12.3 Å². The number of ether oxygens (including phenoxy) is 1. The Hall–Kier alpha value is -2.57. The van der Waals surface area contributed by atoms with E-state index in [1.54, 1.807) is 0 Å². The molecule has 1 heterocycles. The van der Waals surface area contributed by atoms with Crippen LogP contribution in [0.5, 0.6) is 5.75 Å². The Morgan fingerprint density at radius 1 is 1.19 bits per heavy atom. The van der Waals surface area contributed by atoms with Crippen LogP contribution in [0.2, 0.25) is 0 Å². The number of carbonyl (C=O) groups is 1. The van der Waals surface area contributed by atoms with E-state index >= 15 is 0 Å². The van der Waals surface area contributed by atoms with Gasteiger partial charge in [-0.1, -0.05) is 12.1 Å². The minimum Gasteiger partial charge on any atom is -0.478 e. The van der Waals surface area contributed by atoms with Crippen molar-refractivity contribution < 1.29 is 27.8 Å². The van der Waals surface area contributed by atoms with Crippen LogP contribution in [0, 0.1) is 0 Å². The molecule has 21 heavy (non-hydrogen) atoms. The molecular weight excluding hydrogens is 287 g/mol. The third-order valence-electron chi connectivity index (χ3n) is 2.65. The molecule has 7 heteroatoms. The first-order valence-electron chi connectivity index (χ1n) is 5.87. The van der Waals surface area contributed by atoms with Gasteiger partial charge in [-0.15, -0.1) is 13.2 Å². The maximum atomic E-state index is 12.0. The second-order valence-electron chi connectivity index (χ2n) is 4.17. The highest BCUT2D eigenvalue weighted by molar-refractivity contribution is 5.88. The Kier molecular flexibility index (Phi) is 4.11. The third-order valence-corrected chi connectivity index (χ3v) is 2.65. The van der Waals surface area contributed by atoms with Gasteiger partial charge in [0, 0.05) is 12.6 Å². The van der Waals surface area contributed by atoms with Crippen LogP contribution in [0.3, 0.4) is 0 Å². The summed E-state index contributed by atoms with van der Waals surface area (Å²) in [4.78, 5) is 15.0. The van der Waals surface area contributed by atoms with E-state index in [1.165, 1.54) is 42.6 Å². The Balaban J connectivity index is 2.16. The van der Waals surface area contributed by atoms with Crippen molar-refractivity contribution in [3.05, 3.63) is 59.4 Å². The Morgan fingerprint density at radius 2 is 1.86 bits per heavy atom. The molecule has 0 saturated heterocycles. The van der Waals surface area contributed by atoms with E-state index in [4.69, 9.17) is 5.11 Å². The molecule has 0 aliphatic heterocycles. The first-order chi connectivity index (χ1) is 9.85. The highest BCUT2D eigenvalue weighted by atomic mass is 19.4. The molecule has 0 atom stereocenters. The van der Waals surface area contributed by atoms with Gasteiger partial charge in [-0.25, -0.2) is 4.79 Å². The quantitative estimate of drug-likeness (QED) is 0.941. The van der Waals surface area contributed by atoms with Crippen LogP contribution < -0.4 is 4.74 Å². The maximum Gasteiger partial charge on any atom is 0.573 e. The van der Waals surface area contributed by atoms with Crippen molar-refractivity contribution in [2.75, 3.05) is 0 Å². The van der Waals surface area contributed by atoms with Gasteiger partial charge in [0.2, 0.25) is 0 Å². The van der Waals surface area contributed by atoms with Crippen molar-refractivity contribution in [1.82, 2.24) is 4.98 Å². The number of aromatic carboxylic acids is 1. The lowest BCUT2D eigenvalue weighted by Gasteiger charge is -2.09. The van der Waals surface area contributed by atoms with Crippen LogP contribution in [0.25, 0.3) is 0 Å². The lowest BCUT2D eigenvalue weighted by Crippen LogP contribution is -2.17. The Morgan fingerprint density at radius 3 is 2.43 bits per heavy atom. The number of nitrogens with zero attached hydrogens (tertiary/aromatic N) is 1. The summed E-state index contributed by atoms with van der Waals surface area (Å²) < 4.78 is 39.9. The molecule has 2 rings (SSSR count). The van der Waals surface area contributed by atoms with Crippen molar-refractivity contribution in [2.45, 2.75) is 12.8 Å². The lowest BCUT2D eigenvalue weighted by molar-refractivity contribution is -0.274. The third kappa shape index (κ3) is 4.20. The molecule has 110 valence electrons. The minimum absolute atomic E-state index is 0.0631. The van der Waals surface area contributed by atoms with Crippen LogP contribution in [-0.2, 0) is 6.42 Å². The Bertz CT molecular complexity index is 639. The maximum absolute atomic E-state index is 12.0. The number of aromatic nitrogens is 1. The predicted molar refractivity (Wildman–Crippen MR) is 67.1 cm³/mol. The number of halogens is 3. The van der Waals surface area contributed by atoms with Crippen LogP contribution in [0.4, 0.5) is 13.2 Å². The molecule has 0 aliphatic rings. The van der Waals surface area contributed by atoms with Crippen LogP contribution in [0.15, 0.2) is 42.6 Å². The molecule has 0 spiro atoms. The highest BCUT2D eigenvalue weighted by Crippen LogP contribution is 2.23. The standard InChI is InChI=1S/C14H10F3NO3/c15-14(16,17)21-10-5-3-9(4-6-10)8-12-11(13(19)20)2-1-7-18-12/h1-7H,8H2,(H,19,20). The summed E-state index contributed by atoms with van der Waals surface area (Å²) in [7, 11) is 0. The normalized spacial score (nSPS) is 11.2. The topological polar surface area (TPSA) is 59.4 Å². The smallest absolute Gasteiger partial charge is 0.478 e. The molecule has 0 saturated carbocycles. The first-order valence-corrected chi connectivity index (χ1v) is 5.87. The monoisotopic (exact) mass is 297 g/mol. The highest BCUT2D eigenvalue weighted by Gasteiger charge is 2.30. The Labute approximate surface area is 117 Å². The molecule has 0 fully saturated rings. The molecule has 2 aromatic rings. The van der Waals surface area contributed by atoms with E-state index in [-0.39, 0.29) is 17.7 Å². The number of hydrogen-bond acceptors (Lipinski definition) is 3. The van der Waals surface area contributed by atoms with E-state index in [1.807, 2.05) is 0 Å². The molecule has 4 nitrogen and oxygen atoms in total. The molecule has 0 aliphatic carbocycles. The molecule has 0 amide bonds. The molecule has 0 radical (unpaired) electrons. The second-order valence-corrected chi connectivity index (χ2v) is 4.17. The van der Waals surface area contributed by atoms with Gasteiger partial charge in [-0.05, 0) is 29.8 Å². The molecule has 0 bridgehead atoms. The molecule has 1 N–H and O–H groups in total. The zero-order chi connectivity index (χ0) is 15.5. The van der Waals surface area contributed by atoms with Crippen LogP contribution in [-0.4, -0.2) is 22.4 Å². The van der Waals surface area contributed by atoms with Gasteiger partial charge in [-0.3, -0.25) is 4.98 Å². The van der Waals surface area contributed by atoms with E-state index in [2.05, 4.69) is 9.72 Å². The van der Waals surface area contributed by atoms with Gasteiger partial charge in [0.05, 0.1) is 11.3 Å². The van der Waals surface area contributed by atoms with Crippen molar-refractivity contribution in [3.63, 3.8) is 0 Å². The fourth-order valence-electron chi connectivity index (χ4n) is 1.78. The first kappa shape index (κ1) is 14.8. The average Bonchev–Trinajstić information content (AvgIpc) is 2.40. The van der Waals surface area contributed by atoms with Crippen molar-refractivity contribution in [1.29, 1.82) is 0 Å². The molecule has 0 unspecified atom stereocenters. The van der Waals surface area contributed by atoms with Crippen molar-refractivity contribution >= 4 is 5.97 Å². The number of hydrogen-bond donors (Lipinski definition) is 1. The molecule has 1 aromatic carbocycles. The van der Waals surface area contributed by atoms with Crippen molar-refractivity contribution in [2.24, 2.45) is 0 Å². The zero-order valence-electron chi connectivity index (χ0n) is 10.6. The predicted octanol–water partition coefficient (Wildman–Crippen LogP) is 3.27. The summed E-state index contributed by atoms with van der Waals surface area (Å²) in [6.07, 6.45) is -3.07. The second kappa shape index (κ2) is 5.82. The van der Waals surface area contributed by atoms with Crippen molar-refractivity contribution in [3.8, 4) is 5.75 Å². The number of rotatable bonds is 4. The summed E-state index contributed by atoms with van der Waals surface area (Å²) >= 11 is 0. The summed E-state index contributed by atoms with van der Waals surface area (Å²) in [6, 6.07) is 8.14. The minimum atomic E-state index is -4.74. The fraction of sp³-hybridized carbons (Fsp3) is 0.143. The van der Waals surface area contributed by atoms with Gasteiger partial charge in [-0.2, -0.15) is 0 Å². The summed E-state index contributed by atoms with van der Waals surface area (Å²) in [5.41, 5.74) is 1.04. The average molecular weight is 297 g/mol. The van der Waals surface area contributed by atoms with E-state index in [0.717, 1.165) is 0 Å². The van der Waals surface area contributed by atoms with E-state index in [0.29, 0.717) is 11.3 Å². The van der Waals surface area contributed by atoms with Gasteiger partial charge < -0.3 is 9.84 Å². The van der Waals surface area contributed by atoms with E-state index in [9.17, 15) is 18.0 Å². The lowest BCUT2D eigenvalue weighted by atomic mass is 10.1. The van der Waals surface area contributed by atoms with Crippen LogP contribution in [0.1, 0.15) is 21.6 Å². The van der Waals surface area contributed by atoms with Gasteiger partial charge in [0.15, 0.2) is 0 Å². The number of carboxylic acid groups (broad SMARTS) is 1. The van der Waals surface area contributed by atoms with Crippen LogP contribution >= 0.6 is 0 Å². The van der Waals surface area contributed by atoms with Gasteiger partial charge in [0.1, 0.15) is 5.75 Å². The number of pyridine rings is 1.